The summed E-state index contributed by atoms with van der Waals surface area (Å²) in [5, 5.41) is 15.5. The Hall–Kier alpha value is -4.64. The Kier molecular flexibility index (Phi) is 5.58. The van der Waals surface area contributed by atoms with E-state index in [1.54, 1.807) is 73.2 Å². The summed E-state index contributed by atoms with van der Waals surface area (Å²) < 4.78 is 11.2. The third-order valence-electron chi connectivity index (χ3n) is 4.40. The second-order valence-corrected chi connectivity index (χ2v) is 6.44. The maximum absolute atomic E-state index is 12.1. The molecule has 0 aliphatic carbocycles. The molecule has 2 heterocycles. The topological polar surface area (TPSA) is 109 Å². The van der Waals surface area contributed by atoms with E-state index in [9.17, 15) is 10.1 Å². The van der Waals surface area contributed by atoms with Crippen LogP contribution in [-0.4, -0.2) is 23.1 Å². The van der Waals surface area contributed by atoms with Gasteiger partial charge in [0.15, 0.2) is 0 Å². The first-order chi connectivity index (χ1) is 15.2. The Morgan fingerprint density at radius 2 is 1.81 bits per heavy atom. The molecule has 2 amide bonds. The summed E-state index contributed by atoms with van der Waals surface area (Å²) in [4.78, 5) is 20.4. The van der Waals surface area contributed by atoms with Crippen LogP contribution in [0.3, 0.4) is 0 Å². The molecule has 0 unspecified atom stereocenters. The van der Waals surface area contributed by atoms with Gasteiger partial charge < -0.3 is 20.1 Å². The smallest absolute Gasteiger partial charge is 0.323 e. The molecule has 0 saturated carbocycles. The van der Waals surface area contributed by atoms with Gasteiger partial charge in [0.25, 0.3) is 0 Å². The third-order valence-corrected chi connectivity index (χ3v) is 4.40. The molecule has 31 heavy (non-hydrogen) atoms. The van der Waals surface area contributed by atoms with Crippen LogP contribution in [-0.2, 0) is 0 Å². The number of urea groups is 1. The van der Waals surface area contributed by atoms with Crippen molar-refractivity contribution >= 4 is 28.3 Å². The number of anilines is 2. The van der Waals surface area contributed by atoms with Crippen LogP contribution in [0, 0.1) is 11.3 Å². The minimum Gasteiger partial charge on any atom is -0.495 e. The number of aromatic nitrogens is 2. The molecular weight excluding hydrogens is 394 g/mol. The van der Waals surface area contributed by atoms with Gasteiger partial charge in [-0.3, -0.25) is 9.97 Å². The highest BCUT2D eigenvalue weighted by atomic mass is 16.5. The predicted molar refractivity (Wildman–Crippen MR) is 116 cm³/mol. The van der Waals surface area contributed by atoms with Crippen molar-refractivity contribution in [3.05, 3.63) is 78.8 Å². The fourth-order valence-corrected chi connectivity index (χ4v) is 2.96. The van der Waals surface area contributed by atoms with Crippen LogP contribution in [0.5, 0.6) is 17.2 Å². The molecule has 8 nitrogen and oxygen atoms in total. The number of fused-ring (bicyclic) bond motifs is 1. The molecule has 0 fully saturated rings. The van der Waals surface area contributed by atoms with E-state index >= 15 is 0 Å². The van der Waals surface area contributed by atoms with Crippen LogP contribution in [0.25, 0.3) is 10.9 Å². The molecule has 0 radical (unpaired) electrons. The summed E-state index contributed by atoms with van der Waals surface area (Å²) in [6.07, 6.45) is 4.82. The lowest BCUT2D eigenvalue weighted by atomic mass is 10.1. The summed E-state index contributed by atoms with van der Waals surface area (Å²) in [6.45, 7) is 0. The lowest BCUT2D eigenvalue weighted by molar-refractivity contribution is 0.262. The molecule has 2 aromatic heterocycles. The molecule has 0 aliphatic rings. The van der Waals surface area contributed by atoms with Crippen molar-refractivity contribution in [1.29, 1.82) is 5.26 Å². The number of hydrogen-bond donors (Lipinski definition) is 2. The van der Waals surface area contributed by atoms with Crippen LogP contribution >= 0.6 is 0 Å². The first-order valence-corrected chi connectivity index (χ1v) is 9.29. The second kappa shape index (κ2) is 8.80. The number of nitrogens with one attached hydrogen (secondary N) is 2. The van der Waals surface area contributed by atoms with Gasteiger partial charge in [0.2, 0.25) is 0 Å². The van der Waals surface area contributed by atoms with E-state index in [1.807, 2.05) is 0 Å². The van der Waals surface area contributed by atoms with Crippen molar-refractivity contribution in [2.75, 3.05) is 17.7 Å². The molecule has 2 N–H and O–H groups in total. The number of amides is 2. The van der Waals surface area contributed by atoms with E-state index in [1.165, 1.54) is 7.11 Å². The van der Waals surface area contributed by atoms with Crippen molar-refractivity contribution < 1.29 is 14.3 Å². The standard InChI is InChI=1S/C23H17N5O3/c1-30-22-12-20-19(11-15(22)13-24)21(8-10-26-20)31-18-6-4-16(5-7-18)27-23(29)28-17-3-2-9-25-14-17/h2-12,14H,1H3,(H2,27,28,29). The van der Waals surface area contributed by atoms with Crippen molar-refractivity contribution in [2.45, 2.75) is 0 Å². The number of rotatable bonds is 5. The summed E-state index contributed by atoms with van der Waals surface area (Å²) in [7, 11) is 1.51. The molecule has 0 saturated heterocycles. The number of pyridine rings is 2. The Morgan fingerprint density at radius 1 is 1.00 bits per heavy atom. The summed E-state index contributed by atoms with van der Waals surface area (Å²) in [5.41, 5.74) is 2.24. The highest BCUT2D eigenvalue weighted by Gasteiger charge is 2.11. The largest absolute Gasteiger partial charge is 0.495 e. The van der Waals surface area contributed by atoms with Gasteiger partial charge in [0.05, 0.1) is 30.1 Å². The number of carbonyl (C=O) groups excluding carboxylic acids is 1. The number of ether oxygens (including phenoxy) is 2. The summed E-state index contributed by atoms with van der Waals surface area (Å²) in [6, 6.07) is 17.3. The molecule has 2 aromatic carbocycles. The van der Waals surface area contributed by atoms with Crippen molar-refractivity contribution in [3.8, 4) is 23.3 Å². The number of carbonyl (C=O) groups is 1. The average molecular weight is 411 g/mol. The van der Waals surface area contributed by atoms with Gasteiger partial charge in [0.1, 0.15) is 23.3 Å². The van der Waals surface area contributed by atoms with E-state index in [-0.39, 0.29) is 6.03 Å². The van der Waals surface area contributed by atoms with Crippen LogP contribution in [0.15, 0.2) is 73.2 Å². The van der Waals surface area contributed by atoms with Crippen LogP contribution < -0.4 is 20.1 Å². The minimum atomic E-state index is -0.375. The molecule has 4 rings (SSSR count). The fraction of sp³-hybridized carbons (Fsp3) is 0.0435. The zero-order valence-electron chi connectivity index (χ0n) is 16.5. The van der Waals surface area contributed by atoms with Gasteiger partial charge in [0, 0.05) is 29.5 Å². The van der Waals surface area contributed by atoms with Gasteiger partial charge in [-0.1, -0.05) is 0 Å². The lowest BCUT2D eigenvalue weighted by Gasteiger charge is -2.11. The Balaban J connectivity index is 1.49. The zero-order valence-corrected chi connectivity index (χ0v) is 16.5. The normalized spacial score (nSPS) is 10.2. The van der Waals surface area contributed by atoms with Crippen molar-refractivity contribution in [3.63, 3.8) is 0 Å². The highest BCUT2D eigenvalue weighted by molar-refractivity contribution is 5.99. The Labute approximate surface area is 178 Å². The SMILES string of the molecule is COc1cc2nccc(Oc3ccc(NC(=O)Nc4cccnc4)cc3)c2cc1C#N. The molecule has 0 bridgehead atoms. The van der Waals surface area contributed by atoms with E-state index < -0.39 is 0 Å². The lowest BCUT2D eigenvalue weighted by Crippen LogP contribution is -2.19. The van der Waals surface area contributed by atoms with E-state index in [4.69, 9.17) is 9.47 Å². The third kappa shape index (κ3) is 4.52. The number of methoxy groups -OCH3 is 1. The zero-order chi connectivity index (χ0) is 21.6. The predicted octanol–water partition coefficient (Wildman–Crippen LogP) is 4.95. The molecule has 0 spiro atoms. The summed E-state index contributed by atoms with van der Waals surface area (Å²) in [5.74, 6) is 1.58. The number of nitrogens with zero attached hydrogens (tertiary/aromatic N) is 3. The maximum atomic E-state index is 12.1. The van der Waals surface area contributed by atoms with Gasteiger partial charge in [-0.25, -0.2) is 4.79 Å². The highest BCUT2D eigenvalue weighted by Crippen LogP contribution is 2.33. The van der Waals surface area contributed by atoms with Gasteiger partial charge in [-0.15, -0.1) is 0 Å². The Morgan fingerprint density at radius 3 is 2.52 bits per heavy atom. The molecule has 8 heteroatoms. The maximum Gasteiger partial charge on any atom is 0.323 e. The minimum absolute atomic E-state index is 0.375. The van der Waals surface area contributed by atoms with E-state index in [0.29, 0.717) is 45.1 Å². The number of nitriles is 1. The fourth-order valence-electron chi connectivity index (χ4n) is 2.96. The quantitative estimate of drug-likeness (QED) is 0.481. The second-order valence-electron chi connectivity index (χ2n) is 6.44. The van der Waals surface area contributed by atoms with E-state index in [0.717, 1.165) is 0 Å². The van der Waals surface area contributed by atoms with Crippen LogP contribution in [0.2, 0.25) is 0 Å². The Bertz CT molecular complexity index is 1270. The molecule has 0 aliphatic heterocycles. The van der Waals surface area contributed by atoms with Crippen LogP contribution in [0.4, 0.5) is 16.2 Å². The van der Waals surface area contributed by atoms with Crippen LogP contribution in [0.1, 0.15) is 5.56 Å². The van der Waals surface area contributed by atoms with Gasteiger partial charge >= 0.3 is 6.03 Å². The number of benzene rings is 2. The van der Waals surface area contributed by atoms with E-state index in [2.05, 4.69) is 26.7 Å². The first kappa shape index (κ1) is 19.7. The molecule has 4 aromatic rings. The van der Waals surface area contributed by atoms with Gasteiger partial charge in [-0.05, 0) is 48.5 Å². The molecule has 0 atom stereocenters. The van der Waals surface area contributed by atoms with Crippen molar-refractivity contribution in [1.82, 2.24) is 9.97 Å². The first-order valence-electron chi connectivity index (χ1n) is 9.29. The monoisotopic (exact) mass is 411 g/mol. The summed E-state index contributed by atoms with van der Waals surface area (Å²) >= 11 is 0. The number of hydrogen-bond acceptors (Lipinski definition) is 6. The van der Waals surface area contributed by atoms with Crippen molar-refractivity contribution in [2.24, 2.45) is 0 Å². The molecular formula is C23H17N5O3. The van der Waals surface area contributed by atoms with Gasteiger partial charge in [-0.2, -0.15) is 5.26 Å². The average Bonchev–Trinajstić information content (AvgIpc) is 2.80. The molecule has 152 valence electrons.